The van der Waals surface area contributed by atoms with Gasteiger partial charge in [0, 0.05) is 18.2 Å². The highest BCUT2D eigenvalue weighted by atomic mass is 32.2. The van der Waals surface area contributed by atoms with Crippen molar-refractivity contribution in [3.63, 3.8) is 0 Å². The average molecular weight is 569 g/mol. The number of sulfonamides is 1. The molecule has 0 fully saturated rings. The molecule has 0 saturated heterocycles. The maximum Gasteiger partial charge on any atom is 0.350 e. The highest BCUT2D eigenvalue weighted by Gasteiger charge is 2.18. The van der Waals surface area contributed by atoms with Gasteiger partial charge in [-0.15, -0.1) is 0 Å². The quantitative estimate of drug-likeness (QED) is 0.204. The molecule has 0 saturated carbocycles. The molecule has 2 aromatic carbocycles. The van der Waals surface area contributed by atoms with E-state index >= 15 is 0 Å². The van der Waals surface area contributed by atoms with Crippen molar-refractivity contribution in [1.29, 1.82) is 0 Å². The minimum Gasteiger partial charge on any atom is -0.478 e. The molecule has 2 aromatic heterocycles. The Morgan fingerprint density at radius 2 is 1.74 bits per heavy atom. The number of carbonyl (C=O) groups excluding carboxylic acids is 1. The van der Waals surface area contributed by atoms with Crippen LogP contribution in [0, 0.1) is 6.92 Å². The molecule has 0 atom stereocenters. The summed E-state index contributed by atoms with van der Waals surface area (Å²) in [7, 11) is -3.80. The van der Waals surface area contributed by atoms with Gasteiger partial charge in [0.25, 0.3) is 0 Å². The lowest BCUT2D eigenvalue weighted by atomic mass is 10.1. The predicted molar refractivity (Wildman–Crippen MR) is 146 cm³/mol. The molecule has 0 bridgehead atoms. The maximum atomic E-state index is 12.2. The van der Waals surface area contributed by atoms with Crippen molar-refractivity contribution in [3.8, 4) is 11.3 Å². The summed E-state index contributed by atoms with van der Waals surface area (Å²) in [5.41, 5.74) is 2.56. The van der Waals surface area contributed by atoms with Gasteiger partial charge in [0.05, 0.1) is 28.5 Å². The van der Waals surface area contributed by atoms with E-state index in [1.54, 1.807) is 44.2 Å². The van der Waals surface area contributed by atoms with E-state index < -0.39 is 22.0 Å². The molecule has 0 radical (unpaired) electrons. The number of aromatic nitrogens is 3. The number of carboxylic acid groups (broad SMARTS) is 1. The van der Waals surface area contributed by atoms with Crippen LogP contribution in [-0.2, 0) is 21.3 Å². The van der Waals surface area contributed by atoms with E-state index in [1.165, 1.54) is 24.3 Å². The van der Waals surface area contributed by atoms with Crippen LogP contribution in [0.4, 0.5) is 16.9 Å². The zero-order valence-electron chi connectivity index (χ0n) is 20.8. The molecule has 39 heavy (non-hydrogen) atoms. The summed E-state index contributed by atoms with van der Waals surface area (Å²) >= 11 is 1.11. The number of esters is 1. The monoisotopic (exact) mass is 568 g/mol. The summed E-state index contributed by atoms with van der Waals surface area (Å²) < 4.78 is 28.1. The lowest BCUT2D eigenvalue weighted by Crippen LogP contribution is -2.12. The third-order valence-corrected chi connectivity index (χ3v) is 7.34. The number of hydrogen-bond acceptors (Lipinski definition) is 11. The Kier molecular flexibility index (Phi) is 8.18. The van der Waals surface area contributed by atoms with Gasteiger partial charge in [-0.25, -0.2) is 33.1 Å². The zero-order chi connectivity index (χ0) is 28.2. The van der Waals surface area contributed by atoms with Gasteiger partial charge in [-0.1, -0.05) is 35.6 Å². The molecule has 0 amide bonds. The van der Waals surface area contributed by atoms with Crippen LogP contribution in [0.1, 0.15) is 38.2 Å². The summed E-state index contributed by atoms with van der Waals surface area (Å²) in [5.74, 6) is -0.895. The SMILES string of the molecule is CCOC(=O)c1sc(Nc2nc(NCc3ccc(S(N)(=O)=O)cc3)cc(-c3ccc(C(=O)O)cc3)n2)nc1C. The van der Waals surface area contributed by atoms with Gasteiger partial charge in [-0.2, -0.15) is 4.98 Å². The standard InChI is InChI=1S/C25H24N6O6S2/c1-3-37-23(34)21-14(2)28-25(38-21)31-24-29-19(16-6-8-17(9-7-16)22(32)33)12-20(30-24)27-13-15-4-10-18(11-5-15)39(26,35)36/h4-12H,3,13H2,1-2H3,(H,32,33)(H2,26,35,36)(H2,27,28,29,30,31). The third-order valence-electron chi connectivity index (χ3n) is 5.36. The van der Waals surface area contributed by atoms with Crippen molar-refractivity contribution >= 4 is 50.2 Å². The normalized spacial score (nSPS) is 11.2. The first kappa shape index (κ1) is 27.6. The number of aryl methyl sites for hydroxylation is 1. The minimum absolute atomic E-state index is 0.00722. The lowest BCUT2D eigenvalue weighted by molar-refractivity contribution is 0.0530. The van der Waals surface area contributed by atoms with Crippen molar-refractivity contribution in [3.05, 3.63) is 76.3 Å². The fourth-order valence-electron chi connectivity index (χ4n) is 3.45. The summed E-state index contributed by atoms with van der Waals surface area (Å²) in [6.07, 6.45) is 0. The van der Waals surface area contributed by atoms with E-state index in [9.17, 15) is 23.1 Å². The fraction of sp³-hybridized carbons (Fsp3) is 0.160. The van der Waals surface area contributed by atoms with E-state index in [4.69, 9.17) is 9.88 Å². The topological polar surface area (TPSA) is 186 Å². The van der Waals surface area contributed by atoms with Gasteiger partial charge >= 0.3 is 11.9 Å². The number of nitrogens with two attached hydrogens (primary N) is 1. The van der Waals surface area contributed by atoms with Gasteiger partial charge < -0.3 is 15.2 Å². The number of primary sulfonamides is 1. The molecule has 0 aliphatic rings. The molecule has 4 aromatic rings. The number of rotatable bonds is 10. The number of aromatic carboxylic acids is 1. The maximum absolute atomic E-state index is 12.2. The van der Waals surface area contributed by atoms with Crippen molar-refractivity contribution in [2.75, 3.05) is 17.2 Å². The smallest absolute Gasteiger partial charge is 0.350 e. The van der Waals surface area contributed by atoms with Crippen LogP contribution >= 0.6 is 11.3 Å². The first-order valence-corrected chi connectivity index (χ1v) is 13.9. The second-order valence-corrected chi connectivity index (χ2v) is 10.7. The van der Waals surface area contributed by atoms with E-state index in [1.807, 2.05) is 0 Å². The average Bonchev–Trinajstić information content (AvgIpc) is 3.27. The van der Waals surface area contributed by atoms with Gasteiger partial charge in [-0.3, -0.25) is 5.32 Å². The van der Waals surface area contributed by atoms with Crippen LogP contribution in [-0.4, -0.2) is 47.0 Å². The Labute approximate surface area is 228 Å². The molecule has 5 N–H and O–H groups in total. The number of nitrogens with zero attached hydrogens (tertiary/aromatic N) is 3. The molecule has 2 heterocycles. The number of carbonyl (C=O) groups is 2. The number of hydrogen-bond donors (Lipinski definition) is 4. The Hall–Kier alpha value is -4.40. The summed E-state index contributed by atoms with van der Waals surface area (Å²) in [6, 6.07) is 14.0. The molecule has 202 valence electrons. The van der Waals surface area contributed by atoms with Crippen LogP contribution < -0.4 is 15.8 Å². The second-order valence-electron chi connectivity index (χ2n) is 8.17. The van der Waals surface area contributed by atoms with Crippen molar-refractivity contribution in [2.24, 2.45) is 5.14 Å². The number of nitrogens with one attached hydrogen (secondary N) is 2. The largest absolute Gasteiger partial charge is 0.478 e. The highest BCUT2D eigenvalue weighted by molar-refractivity contribution is 7.89. The van der Waals surface area contributed by atoms with Crippen molar-refractivity contribution in [2.45, 2.75) is 25.3 Å². The Morgan fingerprint density at radius 1 is 1.05 bits per heavy atom. The second kappa shape index (κ2) is 11.6. The predicted octanol–water partition coefficient (Wildman–Crippen LogP) is 3.79. The van der Waals surface area contributed by atoms with Gasteiger partial charge in [0.1, 0.15) is 10.7 Å². The molecular weight excluding hydrogens is 544 g/mol. The van der Waals surface area contributed by atoms with E-state index in [0.717, 1.165) is 16.9 Å². The van der Waals surface area contributed by atoms with E-state index in [-0.39, 0.29) is 23.0 Å². The number of thiazole rings is 1. The molecule has 14 heteroatoms. The third kappa shape index (κ3) is 6.93. The summed E-state index contributed by atoms with van der Waals surface area (Å²) in [5, 5.41) is 21.0. The van der Waals surface area contributed by atoms with Crippen LogP contribution in [0.3, 0.4) is 0 Å². The summed E-state index contributed by atoms with van der Waals surface area (Å²) in [4.78, 5) is 37.2. The molecule has 0 aliphatic carbocycles. The molecule has 0 aliphatic heterocycles. The van der Waals surface area contributed by atoms with Gasteiger partial charge in [0.15, 0.2) is 5.13 Å². The Balaban J connectivity index is 1.63. The lowest BCUT2D eigenvalue weighted by Gasteiger charge is -2.11. The Bertz CT molecular complexity index is 1620. The first-order valence-electron chi connectivity index (χ1n) is 11.5. The molecular formula is C25H24N6O6S2. The van der Waals surface area contributed by atoms with Crippen molar-refractivity contribution < 1.29 is 27.9 Å². The number of anilines is 3. The van der Waals surface area contributed by atoms with Gasteiger partial charge in [0.2, 0.25) is 16.0 Å². The van der Waals surface area contributed by atoms with Crippen LogP contribution in [0.5, 0.6) is 0 Å². The van der Waals surface area contributed by atoms with Crippen molar-refractivity contribution in [1.82, 2.24) is 15.0 Å². The summed E-state index contributed by atoms with van der Waals surface area (Å²) in [6.45, 7) is 3.97. The minimum atomic E-state index is -3.80. The van der Waals surface area contributed by atoms with Crippen LogP contribution in [0.25, 0.3) is 11.3 Å². The highest BCUT2D eigenvalue weighted by Crippen LogP contribution is 2.28. The molecule has 4 rings (SSSR count). The first-order chi connectivity index (χ1) is 18.5. The van der Waals surface area contributed by atoms with E-state index in [2.05, 4.69) is 25.6 Å². The molecule has 0 unspecified atom stereocenters. The Morgan fingerprint density at radius 3 is 2.36 bits per heavy atom. The van der Waals surface area contributed by atoms with Crippen LogP contribution in [0.15, 0.2) is 59.5 Å². The number of ether oxygens (including phenoxy) is 1. The fourth-order valence-corrected chi connectivity index (χ4v) is 4.82. The molecule has 0 spiro atoms. The van der Waals surface area contributed by atoms with Crippen LogP contribution in [0.2, 0.25) is 0 Å². The molecule has 12 nitrogen and oxygen atoms in total. The van der Waals surface area contributed by atoms with E-state index in [0.29, 0.717) is 39.3 Å². The number of benzene rings is 2. The number of carboxylic acids is 1. The zero-order valence-corrected chi connectivity index (χ0v) is 22.5. The van der Waals surface area contributed by atoms with Gasteiger partial charge in [-0.05, 0) is 43.7 Å².